The minimum atomic E-state index is -0.697. The third kappa shape index (κ3) is 2.74. The van der Waals surface area contributed by atoms with Crippen LogP contribution in [0.25, 0.3) is 0 Å². The molecule has 16 heavy (non-hydrogen) atoms. The Bertz CT molecular complexity index is 266. The van der Waals surface area contributed by atoms with Crippen LogP contribution < -0.4 is 0 Å². The van der Waals surface area contributed by atoms with Gasteiger partial charge in [-0.2, -0.15) is 0 Å². The predicted octanol–water partition coefficient (Wildman–Crippen LogP) is 1.02. The fourth-order valence-electron chi connectivity index (χ4n) is 2.72. The molecule has 1 aliphatic carbocycles. The van der Waals surface area contributed by atoms with Crippen LogP contribution in [0.3, 0.4) is 0 Å². The SMILES string of the molecule is CC1CC(N(C)CCC(=O)O)CN1C1CC1. The summed E-state index contributed by atoms with van der Waals surface area (Å²) in [6.07, 6.45) is 4.16. The van der Waals surface area contributed by atoms with Gasteiger partial charge in [0.2, 0.25) is 0 Å². The van der Waals surface area contributed by atoms with Crippen LogP contribution in [0.1, 0.15) is 32.6 Å². The minimum absolute atomic E-state index is 0.255. The molecule has 92 valence electrons. The van der Waals surface area contributed by atoms with Crippen molar-refractivity contribution in [1.82, 2.24) is 9.80 Å². The topological polar surface area (TPSA) is 43.8 Å². The Balaban J connectivity index is 1.79. The largest absolute Gasteiger partial charge is 0.481 e. The third-order valence-corrected chi connectivity index (χ3v) is 3.92. The van der Waals surface area contributed by atoms with Crippen LogP contribution in [0.2, 0.25) is 0 Å². The number of carboxylic acids is 1. The zero-order valence-corrected chi connectivity index (χ0v) is 10.2. The van der Waals surface area contributed by atoms with E-state index in [1.807, 2.05) is 0 Å². The highest BCUT2D eigenvalue weighted by molar-refractivity contribution is 5.66. The Hall–Kier alpha value is -0.610. The van der Waals surface area contributed by atoms with Gasteiger partial charge in [-0.3, -0.25) is 9.69 Å². The second-order valence-corrected chi connectivity index (χ2v) is 5.29. The van der Waals surface area contributed by atoms with Gasteiger partial charge < -0.3 is 10.0 Å². The molecule has 4 heteroatoms. The molecule has 0 spiro atoms. The zero-order chi connectivity index (χ0) is 11.7. The van der Waals surface area contributed by atoms with Crippen molar-refractivity contribution in [3.63, 3.8) is 0 Å². The first-order chi connectivity index (χ1) is 7.58. The van der Waals surface area contributed by atoms with E-state index in [1.165, 1.54) is 19.3 Å². The van der Waals surface area contributed by atoms with E-state index in [2.05, 4.69) is 23.8 Å². The summed E-state index contributed by atoms with van der Waals surface area (Å²) in [7, 11) is 2.05. The average Bonchev–Trinajstić information content (AvgIpc) is 2.99. The molecule has 1 N–H and O–H groups in total. The van der Waals surface area contributed by atoms with Crippen molar-refractivity contribution < 1.29 is 9.90 Å². The van der Waals surface area contributed by atoms with E-state index in [0.29, 0.717) is 18.6 Å². The monoisotopic (exact) mass is 226 g/mol. The Morgan fingerprint density at radius 3 is 2.75 bits per heavy atom. The third-order valence-electron chi connectivity index (χ3n) is 3.92. The van der Waals surface area contributed by atoms with Gasteiger partial charge in [-0.15, -0.1) is 0 Å². The lowest BCUT2D eigenvalue weighted by Crippen LogP contribution is -2.36. The summed E-state index contributed by atoms with van der Waals surface area (Å²) in [6, 6.07) is 2.05. The van der Waals surface area contributed by atoms with Crippen molar-refractivity contribution >= 4 is 5.97 Å². The lowest BCUT2D eigenvalue weighted by atomic mass is 10.1. The number of aliphatic carboxylic acids is 1. The highest BCUT2D eigenvalue weighted by Crippen LogP contribution is 2.34. The summed E-state index contributed by atoms with van der Waals surface area (Å²) in [5.41, 5.74) is 0. The summed E-state index contributed by atoms with van der Waals surface area (Å²) >= 11 is 0. The lowest BCUT2D eigenvalue weighted by Gasteiger charge is -2.24. The minimum Gasteiger partial charge on any atom is -0.481 e. The van der Waals surface area contributed by atoms with Crippen LogP contribution >= 0.6 is 0 Å². The number of carbonyl (C=O) groups is 1. The number of likely N-dealkylation sites (N-methyl/N-ethyl adjacent to an activating group) is 1. The molecule has 0 radical (unpaired) electrons. The Morgan fingerprint density at radius 2 is 2.19 bits per heavy atom. The van der Waals surface area contributed by atoms with E-state index in [1.54, 1.807) is 0 Å². The van der Waals surface area contributed by atoms with Crippen LogP contribution in [0.5, 0.6) is 0 Å². The molecule has 0 aromatic heterocycles. The first-order valence-corrected chi connectivity index (χ1v) is 6.25. The fraction of sp³-hybridized carbons (Fsp3) is 0.917. The zero-order valence-electron chi connectivity index (χ0n) is 10.2. The Kier molecular flexibility index (Phi) is 3.50. The maximum atomic E-state index is 10.5. The first kappa shape index (κ1) is 11.9. The molecule has 1 aliphatic heterocycles. The molecule has 4 nitrogen and oxygen atoms in total. The van der Waals surface area contributed by atoms with Crippen LogP contribution in [-0.2, 0) is 4.79 Å². The average molecular weight is 226 g/mol. The fourth-order valence-corrected chi connectivity index (χ4v) is 2.72. The van der Waals surface area contributed by atoms with E-state index >= 15 is 0 Å². The molecule has 2 atom stereocenters. The molecular formula is C12H22N2O2. The molecule has 2 fully saturated rings. The molecule has 0 bridgehead atoms. The number of carboxylic acid groups (broad SMARTS) is 1. The smallest absolute Gasteiger partial charge is 0.304 e. The molecule has 0 aromatic rings. The van der Waals surface area contributed by atoms with Crippen molar-refractivity contribution in [1.29, 1.82) is 0 Å². The molecule has 2 aliphatic rings. The van der Waals surface area contributed by atoms with Gasteiger partial charge in [0.1, 0.15) is 0 Å². The number of hydrogen-bond acceptors (Lipinski definition) is 3. The van der Waals surface area contributed by atoms with Crippen LogP contribution in [0.15, 0.2) is 0 Å². The quantitative estimate of drug-likeness (QED) is 0.760. The van der Waals surface area contributed by atoms with Gasteiger partial charge in [0.05, 0.1) is 6.42 Å². The first-order valence-electron chi connectivity index (χ1n) is 6.25. The standard InChI is InChI=1S/C12H22N2O2/c1-9-7-11(8-14(9)10-3-4-10)13(2)6-5-12(15)16/h9-11H,3-8H2,1-2H3,(H,15,16). The molecule has 0 amide bonds. The molecule has 0 aromatic carbocycles. The van der Waals surface area contributed by atoms with Gasteiger partial charge in [-0.25, -0.2) is 0 Å². The summed E-state index contributed by atoms with van der Waals surface area (Å²) in [4.78, 5) is 15.3. The van der Waals surface area contributed by atoms with Gasteiger partial charge in [0.25, 0.3) is 0 Å². The van der Waals surface area contributed by atoms with E-state index in [9.17, 15) is 4.79 Å². The lowest BCUT2D eigenvalue weighted by molar-refractivity contribution is -0.137. The molecule has 2 rings (SSSR count). The number of nitrogens with zero attached hydrogens (tertiary/aromatic N) is 2. The summed E-state index contributed by atoms with van der Waals surface area (Å²) < 4.78 is 0. The molecule has 1 heterocycles. The Morgan fingerprint density at radius 1 is 1.50 bits per heavy atom. The number of likely N-dealkylation sites (tertiary alicyclic amines) is 1. The van der Waals surface area contributed by atoms with Crippen LogP contribution in [0.4, 0.5) is 0 Å². The summed E-state index contributed by atoms with van der Waals surface area (Å²) in [5, 5.41) is 8.67. The van der Waals surface area contributed by atoms with Crippen LogP contribution in [-0.4, -0.2) is 59.1 Å². The number of rotatable bonds is 5. The van der Waals surface area contributed by atoms with Crippen LogP contribution in [0, 0.1) is 0 Å². The highest BCUT2D eigenvalue weighted by Gasteiger charge is 2.39. The van der Waals surface area contributed by atoms with Crippen molar-refractivity contribution in [2.24, 2.45) is 0 Å². The number of hydrogen-bond donors (Lipinski definition) is 1. The van der Waals surface area contributed by atoms with Crippen molar-refractivity contribution in [2.75, 3.05) is 20.1 Å². The van der Waals surface area contributed by atoms with Crippen molar-refractivity contribution in [2.45, 2.75) is 50.7 Å². The van der Waals surface area contributed by atoms with Gasteiger partial charge in [0.15, 0.2) is 0 Å². The Labute approximate surface area is 97.2 Å². The summed E-state index contributed by atoms with van der Waals surface area (Å²) in [6.45, 7) is 4.09. The van der Waals surface area contributed by atoms with Gasteiger partial charge in [-0.05, 0) is 33.2 Å². The van der Waals surface area contributed by atoms with E-state index in [0.717, 1.165) is 12.6 Å². The van der Waals surface area contributed by atoms with E-state index in [4.69, 9.17) is 5.11 Å². The highest BCUT2D eigenvalue weighted by atomic mass is 16.4. The maximum absolute atomic E-state index is 10.5. The molecule has 1 saturated carbocycles. The molecule has 1 saturated heterocycles. The van der Waals surface area contributed by atoms with E-state index < -0.39 is 5.97 Å². The predicted molar refractivity (Wildman–Crippen MR) is 62.5 cm³/mol. The molecule has 2 unspecified atom stereocenters. The van der Waals surface area contributed by atoms with Gasteiger partial charge in [0, 0.05) is 31.2 Å². The van der Waals surface area contributed by atoms with Crippen molar-refractivity contribution in [3.8, 4) is 0 Å². The van der Waals surface area contributed by atoms with Gasteiger partial charge >= 0.3 is 5.97 Å². The van der Waals surface area contributed by atoms with Crippen molar-refractivity contribution in [3.05, 3.63) is 0 Å². The second-order valence-electron chi connectivity index (χ2n) is 5.29. The summed E-state index contributed by atoms with van der Waals surface area (Å²) in [5.74, 6) is -0.697. The van der Waals surface area contributed by atoms with E-state index in [-0.39, 0.29) is 6.42 Å². The second kappa shape index (κ2) is 4.72. The molecular weight excluding hydrogens is 204 g/mol. The maximum Gasteiger partial charge on any atom is 0.304 e. The normalized spacial score (nSPS) is 31.2. The van der Waals surface area contributed by atoms with Gasteiger partial charge in [-0.1, -0.05) is 0 Å².